The van der Waals surface area contributed by atoms with Crippen LogP contribution in [0.25, 0.3) is 22.5 Å². The maximum atomic E-state index is 13.7. The number of ether oxygens (including phenoxy) is 1. The molecular formula is C27H20F3N5O3. The highest BCUT2D eigenvalue weighted by molar-refractivity contribution is 6.10. The molecule has 4 aromatic rings. The van der Waals surface area contributed by atoms with Crippen LogP contribution in [-0.4, -0.2) is 31.6 Å². The minimum absolute atomic E-state index is 0.0389. The Balaban J connectivity index is 1.47. The van der Waals surface area contributed by atoms with E-state index in [4.69, 9.17) is 4.74 Å². The van der Waals surface area contributed by atoms with E-state index in [1.807, 2.05) is 24.3 Å². The van der Waals surface area contributed by atoms with E-state index >= 15 is 0 Å². The molecule has 1 amide bonds. The number of aromatic nitrogens is 4. The van der Waals surface area contributed by atoms with Crippen LogP contribution in [-0.2, 0) is 24.6 Å². The summed E-state index contributed by atoms with van der Waals surface area (Å²) in [4.78, 5) is 31.3. The van der Waals surface area contributed by atoms with Gasteiger partial charge in [-0.1, -0.05) is 30.3 Å². The highest BCUT2D eigenvalue weighted by atomic mass is 19.4. The molecule has 2 aromatic carbocycles. The first kappa shape index (κ1) is 23.8. The van der Waals surface area contributed by atoms with E-state index in [1.165, 1.54) is 17.0 Å². The summed E-state index contributed by atoms with van der Waals surface area (Å²) >= 11 is 0. The van der Waals surface area contributed by atoms with Crippen molar-refractivity contribution in [2.45, 2.75) is 25.6 Å². The van der Waals surface area contributed by atoms with Crippen molar-refractivity contribution in [1.82, 2.24) is 19.7 Å². The first-order chi connectivity index (χ1) is 18.2. The normalized spacial score (nSPS) is 15.1. The largest absolute Gasteiger partial charge is 0.416 e. The quantitative estimate of drug-likeness (QED) is 0.343. The summed E-state index contributed by atoms with van der Waals surface area (Å²) in [7, 11) is 1.80. The van der Waals surface area contributed by atoms with Crippen LogP contribution in [0.15, 0.2) is 60.9 Å². The van der Waals surface area contributed by atoms with Crippen molar-refractivity contribution in [2.75, 3.05) is 4.90 Å². The third-order valence-corrected chi connectivity index (χ3v) is 6.64. The number of carbonyl (C=O) groups is 2. The van der Waals surface area contributed by atoms with Gasteiger partial charge in [0.1, 0.15) is 12.1 Å². The molecule has 3 heterocycles. The number of alkyl halides is 3. The number of amides is 1. The number of fused-ring (bicyclic) bond motifs is 1. The molecule has 2 aromatic heterocycles. The van der Waals surface area contributed by atoms with Gasteiger partial charge in [-0.2, -0.15) is 18.2 Å². The van der Waals surface area contributed by atoms with Crippen molar-refractivity contribution < 1.29 is 27.5 Å². The van der Waals surface area contributed by atoms with E-state index < -0.39 is 23.6 Å². The van der Waals surface area contributed by atoms with Gasteiger partial charge >= 0.3 is 12.1 Å². The molecular weight excluding hydrogens is 499 g/mol. The smallest absolute Gasteiger partial charge is 0.407 e. The molecule has 0 bridgehead atoms. The molecule has 1 aliphatic heterocycles. The first-order valence-electron chi connectivity index (χ1n) is 11.9. The van der Waals surface area contributed by atoms with Crippen molar-refractivity contribution >= 4 is 17.7 Å². The lowest BCUT2D eigenvalue weighted by atomic mass is 9.99. The molecule has 11 heteroatoms. The van der Waals surface area contributed by atoms with Crippen molar-refractivity contribution in [1.29, 1.82) is 0 Å². The Labute approximate surface area is 214 Å². The molecule has 192 valence electrons. The van der Waals surface area contributed by atoms with E-state index in [0.29, 0.717) is 17.0 Å². The number of carbonyl (C=O) groups excluding carboxylic acids is 2. The summed E-state index contributed by atoms with van der Waals surface area (Å²) < 4.78 is 48.3. The zero-order chi connectivity index (χ0) is 26.6. The number of hydrogen-bond donors (Lipinski definition) is 0. The van der Waals surface area contributed by atoms with Gasteiger partial charge in [-0.05, 0) is 47.7 Å². The minimum atomic E-state index is -4.61. The molecule has 2 aliphatic rings. The van der Waals surface area contributed by atoms with Crippen LogP contribution in [0.2, 0.25) is 0 Å². The fourth-order valence-electron chi connectivity index (χ4n) is 4.58. The minimum Gasteiger partial charge on any atom is -0.407 e. The summed E-state index contributed by atoms with van der Waals surface area (Å²) in [6, 6.07) is 14.1. The predicted molar refractivity (Wildman–Crippen MR) is 130 cm³/mol. The number of nitrogens with zero attached hydrogens (tertiary/aromatic N) is 5. The van der Waals surface area contributed by atoms with Crippen molar-refractivity contribution in [3.63, 3.8) is 0 Å². The van der Waals surface area contributed by atoms with Gasteiger partial charge in [-0.15, -0.1) is 10.2 Å². The van der Waals surface area contributed by atoms with Gasteiger partial charge < -0.3 is 9.30 Å². The fourth-order valence-corrected chi connectivity index (χ4v) is 4.58. The standard InChI is InChI=1S/C27H20F3N5O3/c1-34-14-31-33-24(34)18-6-3-2-5-17(18)16-11-22(32-23(12-16)38-26(37)15-9-10-15)35-13-20-19(25(35)36)7-4-8-21(20)27(28,29)30/h2-8,11-12,14-15H,9-10,13H2,1H3. The number of hydrogen-bond acceptors (Lipinski definition) is 6. The topological polar surface area (TPSA) is 90.2 Å². The number of rotatable bonds is 5. The molecule has 0 radical (unpaired) electrons. The average Bonchev–Trinajstić information content (AvgIpc) is 3.58. The second-order valence-electron chi connectivity index (χ2n) is 9.28. The fraction of sp³-hybridized carbons (Fsp3) is 0.222. The Kier molecular flexibility index (Phi) is 5.51. The Hall–Kier alpha value is -4.54. The number of halogens is 3. The molecule has 6 rings (SSSR count). The van der Waals surface area contributed by atoms with Gasteiger partial charge in [0.2, 0.25) is 5.88 Å². The van der Waals surface area contributed by atoms with Gasteiger partial charge in [0, 0.05) is 24.2 Å². The van der Waals surface area contributed by atoms with Crippen molar-refractivity contribution in [3.8, 4) is 28.4 Å². The Morgan fingerprint density at radius 3 is 2.45 bits per heavy atom. The van der Waals surface area contributed by atoms with E-state index in [2.05, 4.69) is 15.2 Å². The number of pyridine rings is 1. The lowest BCUT2D eigenvalue weighted by molar-refractivity contribution is -0.138. The summed E-state index contributed by atoms with van der Waals surface area (Å²) in [5, 5.41) is 8.13. The number of benzene rings is 2. The summed E-state index contributed by atoms with van der Waals surface area (Å²) in [5.74, 6) is -0.642. The van der Waals surface area contributed by atoms with Gasteiger partial charge in [-0.25, -0.2) is 0 Å². The van der Waals surface area contributed by atoms with Crippen LogP contribution < -0.4 is 9.64 Å². The first-order valence-corrected chi connectivity index (χ1v) is 11.9. The maximum Gasteiger partial charge on any atom is 0.416 e. The molecule has 0 saturated heterocycles. The zero-order valence-corrected chi connectivity index (χ0v) is 20.1. The molecule has 8 nitrogen and oxygen atoms in total. The highest BCUT2D eigenvalue weighted by Gasteiger charge is 2.40. The Morgan fingerprint density at radius 2 is 1.76 bits per heavy atom. The number of esters is 1. The van der Waals surface area contributed by atoms with Crippen LogP contribution in [0.3, 0.4) is 0 Å². The van der Waals surface area contributed by atoms with E-state index in [1.54, 1.807) is 30.1 Å². The summed E-state index contributed by atoms with van der Waals surface area (Å²) in [6.45, 7) is -0.318. The predicted octanol–water partition coefficient (Wildman–Crippen LogP) is 5.04. The van der Waals surface area contributed by atoms with E-state index in [0.717, 1.165) is 24.5 Å². The van der Waals surface area contributed by atoms with Crippen LogP contribution in [0.5, 0.6) is 5.88 Å². The molecule has 1 aliphatic carbocycles. The van der Waals surface area contributed by atoms with E-state index in [-0.39, 0.29) is 35.3 Å². The lowest BCUT2D eigenvalue weighted by Crippen LogP contribution is -2.24. The summed E-state index contributed by atoms with van der Waals surface area (Å²) in [6.07, 6.45) is -1.61. The number of aryl methyl sites for hydroxylation is 1. The average molecular weight is 519 g/mol. The second kappa shape index (κ2) is 8.79. The number of anilines is 1. The summed E-state index contributed by atoms with van der Waals surface area (Å²) in [5.41, 5.74) is 0.939. The van der Waals surface area contributed by atoms with Crippen LogP contribution in [0.1, 0.15) is 34.3 Å². The van der Waals surface area contributed by atoms with E-state index in [9.17, 15) is 22.8 Å². The Morgan fingerprint density at radius 1 is 1.03 bits per heavy atom. The molecule has 0 atom stereocenters. The van der Waals surface area contributed by atoms with Crippen LogP contribution >= 0.6 is 0 Å². The van der Waals surface area contributed by atoms with Gasteiger partial charge in [-0.3, -0.25) is 14.5 Å². The third kappa shape index (κ3) is 4.19. The van der Waals surface area contributed by atoms with Gasteiger partial charge in [0.05, 0.1) is 18.0 Å². The maximum absolute atomic E-state index is 13.7. The van der Waals surface area contributed by atoms with Gasteiger partial charge in [0.25, 0.3) is 5.91 Å². The van der Waals surface area contributed by atoms with Gasteiger partial charge in [0.15, 0.2) is 5.82 Å². The van der Waals surface area contributed by atoms with Crippen molar-refractivity contribution in [2.24, 2.45) is 13.0 Å². The third-order valence-electron chi connectivity index (χ3n) is 6.64. The monoisotopic (exact) mass is 519 g/mol. The molecule has 0 spiro atoms. The van der Waals surface area contributed by atoms with Crippen LogP contribution in [0.4, 0.5) is 19.0 Å². The van der Waals surface area contributed by atoms with Crippen molar-refractivity contribution in [3.05, 3.63) is 77.6 Å². The van der Waals surface area contributed by atoms with Crippen LogP contribution in [0, 0.1) is 5.92 Å². The molecule has 0 unspecified atom stereocenters. The lowest BCUT2D eigenvalue weighted by Gasteiger charge is -2.18. The molecule has 1 fully saturated rings. The Bertz CT molecular complexity index is 1590. The zero-order valence-electron chi connectivity index (χ0n) is 20.1. The second-order valence-corrected chi connectivity index (χ2v) is 9.28. The highest BCUT2D eigenvalue weighted by Crippen LogP contribution is 2.40. The molecule has 38 heavy (non-hydrogen) atoms. The molecule has 1 saturated carbocycles. The SMILES string of the molecule is Cn1cnnc1-c1ccccc1-c1cc(OC(=O)C2CC2)nc(N2Cc3c(cccc3C(F)(F)F)C2=O)c1. The molecule has 0 N–H and O–H groups in total.